The minimum absolute atomic E-state index is 0.0294. The first-order valence-electron chi connectivity index (χ1n) is 12.6. The van der Waals surface area contributed by atoms with Gasteiger partial charge in [0.05, 0.1) is 5.69 Å². The number of nitrogens with one attached hydrogen (secondary N) is 2. The number of amides is 2. The van der Waals surface area contributed by atoms with Crippen molar-refractivity contribution in [2.75, 3.05) is 19.6 Å². The molecule has 0 bridgehead atoms. The Morgan fingerprint density at radius 2 is 1.86 bits per heavy atom. The topological polar surface area (TPSA) is 79.3 Å². The van der Waals surface area contributed by atoms with E-state index in [9.17, 15) is 9.59 Å². The first-order valence-corrected chi connectivity index (χ1v) is 12.6. The molecule has 7 nitrogen and oxygen atoms in total. The zero-order valence-electron chi connectivity index (χ0n) is 20.2. The molecule has 0 radical (unpaired) electrons. The van der Waals surface area contributed by atoms with Crippen molar-refractivity contribution >= 4 is 11.8 Å². The third-order valence-electron chi connectivity index (χ3n) is 7.04. The smallest absolute Gasteiger partial charge is 0.251 e. The number of rotatable bonds is 10. The Kier molecular flexibility index (Phi) is 6.95. The molecule has 1 aromatic heterocycles. The number of nitrogens with zero attached hydrogens (tertiary/aromatic N) is 3. The zero-order valence-corrected chi connectivity index (χ0v) is 20.2. The molecule has 182 valence electrons. The summed E-state index contributed by atoms with van der Waals surface area (Å²) in [7, 11) is 0. The maximum Gasteiger partial charge on any atom is 0.251 e. The van der Waals surface area contributed by atoms with E-state index in [4.69, 9.17) is 0 Å². The fourth-order valence-corrected chi connectivity index (χ4v) is 4.64. The van der Waals surface area contributed by atoms with E-state index >= 15 is 0 Å². The fraction of sp³-hybridized carbons (Fsp3) is 0.393. The summed E-state index contributed by atoms with van der Waals surface area (Å²) in [5.74, 6) is 0.394. The lowest BCUT2D eigenvalue weighted by Crippen LogP contribution is -2.53. The van der Waals surface area contributed by atoms with E-state index in [-0.39, 0.29) is 11.8 Å². The second kappa shape index (κ2) is 10.4. The van der Waals surface area contributed by atoms with Gasteiger partial charge in [0.15, 0.2) is 0 Å². The average molecular weight is 472 g/mol. The van der Waals surface area contributed by atoms with E-state index in [1.165, 1.54) is 11.1 Å². The van der Waals surface area contributed by atoms with Crippen LogP contribution in [0.25, 0.3) is 5.69 Å². The van der Waals surface area contributed by atoms with Gasteiger partial charge in [-0.15, -0.1) is 0 Å². The molecule has 2 amide bonds. The van der Waals surface area contributed by atoms with Gasteiger partial charge >= 0.3 is 0 Å². The summed E-state index contributed by atoms with van der Waals surface area (Å²) in [6.45, 7) is 4.51. The highest BCUT2D eigenvalue weighted by atomic mass is 16.2. The van der Waals surface area contributed by atoms with Gasteiger partial charge in [-0.05, 0) is 75.0 Å². The number of carbonyl (C=O) groups is 2. The Labute approximate surface area is 206 Å². The largest absolute Gasteiger partial charge is 0.341 e. The second-order valence-corrected chi connectivity index (χ2v) is 9.66. The standard InChI is InChI=1S/C28H33N5O2/c1-20-6-8-21(9-7-20)24-19-26(24)29-14-2-5-25(28(35)32-16-4-17-32)31-27(34)22-10-12-23(13-11-22)33-18-3-15-30-33/h3,6-13,15,18,24-26,29H,2,4-5,14,16-17,19H2,1H3,(H,31,34)/t24-,25-,26+/m0/s1. The van der Waals surface area contributed by atoms with Gasteiger partial charge < -0.3 is 15.5 Å². The van der Waals surface area contributed by atoms with Crippen LogP contribution in [0.1, 0.15) is 53.1 Å². The van der Waals surface area contributed by atoms with Crippen molar-refractivity contribution < 1.29 is 9.59 Å². The van der Waals surface area contributed by atoms with Crippen LogP contribution in [0.3, 0.4) is 0 Å². The minimum Gasteiger partial charge on any atom is -0.341 e. The second-order valence-electron chi connectivity index (χ2n) is 9.66. The molecule has 2 fully saturated rings. The Morgan fingerprint density at radius 3 is 2.51 bits per heavy atom. The molecule has 1 aliphatic heterocycles. The van der Waals surface area contributed by atoms with Crippen LogP contribution in [0, 0.1) is 6.92 Å². The van der Waals surface area contributed by atoms with Crippen molar-refractivity contribution in [2.45, 2.75) is 50.6 Å². The van der Waals surface area contributed by atoms with Crippen molar-refractivity contribution in [3.05, 3.63) is 83.7 Å². The van der Waals surface area contributed by atoms with Gasteiger partial charge in [-0.2, -0.15) is 5.10 Å². The van der Waals surface area contributed by atoms with E-state index in [2.05, 4.69) is 46.9 Å². The number of aromatic nitrogens is 2. The van der Waals surface area contributed by atoms with Crippen molar-refractivity contribution in [3.63, 3.8) is 0 Å². The van der Waals surface area contributed by atoms with Crippen LogP contribution in [-0.2, 0) is 4.79 Å². The summed E-state index contributed by atoms with van der Waals surface area (Å²) < 4.78 is 1.74. The van der Waals surface area contributed by atoms with Gasteiger partial charge in [0.1, 0.15) is 6.04 Å². The van der Waals surface area contributed by atoms with Crippen LogP contribution in [0.5, 0.6) is 0 Å². The lowest BCUT2D eigenvalue weighted by atomic mass is 10.1. The summed E-state index contributed by atoms with van der Waals surface area (Å²) in [4.78, 5) is 27.8. The monoisotopic (exact) mass is 471 g/mol. The maximum absolute atomic E-state index is 13.0. The van der Waals surface area contributed by atoms with Crippen LogP contribution in [-0.4, -0.2) is 58.2 Å². The van der Waals surface area contributed by atoms with Crippen molar-refractivity contribution in [1.82, 2.24) is 25.3 Å². The van der Waals surface area contributed by atoms with Gasteiger partial charge in [0.2, 0.25) is 5.91 Å². The molecule has 2 N–H and O–H groups in total. The number of carbonyl (C=O) groups excluding carboxylic acids is 2. The van der Waals surface area contributed by atoms with Gasteiger partial charge in [-0.25, -0.2) is 4.68 Å². The third kappa shape index (κ3) is 5.62. The molecule has 7 heteroatoms. The Hall–Kier alpha value is -3.45. The molecule has 3 atom stereocenters. The number of hydrogen-bond donors (Lipinski definition) is 2. The van der Waals surface area contributed by atoms with Crippen LogP contribution in [0.15, 0.2) is 67.0 Å². The van der Waals surface area contributed by atoms with E-state index in [0.29, 0.717) is 23.9 Å². The molecule has 3 aromatic rings. The van der Waals surface area contributed by atoms with E-state index in [1.807, 2.05) is 29.3 Å². The summed E-state index contributed by atoms with van der Waals surface area (Å²) in [5, 5.41) is 10.8. The molecule has 35 heavy (non-hydrogen) atoms. The quantitative estimate of drug-likeness (QED) is 0.444. The number of aryl methyl sites for hydroxylation is 1. The highest BCUT2D eigenvalue weighted by Gasteiger charge is 2.37. The number of likely N-dealkylation sites (tertiary alicyclic amines) is 1. The minimum atomic E-state index is -0.498. The van der Waals surface area contributed by atoms with Crippen LogP contribution in [0.2, 0.25) is 0 Å². The summed E-state index contributed by atoms with van der Waals surface area (Å²) in [6, 6.07) is 17.9. The lowest BCUT2D eigenvalue weighted by molar-refractivity contribution is -0.136. The van der Waals surface area contributed by atoms with E-state index in [0.717, 1.165) is 44.6 Å². The molecule has 0 unspecified atom stereocenters. The molecule has 5 rings (SSSR count). The predicted octanol–water partition coefficient (Wildman–Crippen LogP) is 3.44. The van der Waals surface area contributed by atoms with Crippen LogP contribution >= 0.6 is 0 Å². The highest BCUT2D eigenvalue weighted by molar-refractivity contribution is 5.97. The van der Waals surface area contributed by atoms with Gasteiger partial charge in [-0.3, -0.25) is 9.59 Å². The number of benzene rings is 2. The normalized spacial score (nSPS) is 19.6. The Bertz CT molecular complexity index is 1140. The third-order valence-corrected chi connectivity index (χ3v) is 7.04. The van der Waals surface area contributed by atoms with Crippen molar-refractivity contribution in [3.8, 4) is 5.69 Å². The van der Waals surface area contributed by atoms with Crippen molar-refractivity contribution in [2.24, 2.45) is 0 Å². The molecule has 1 saturated carbocycles. The molecular formula is C28H33N5O2. The molecule has 1 aliphatic carbocycles. The lowest BCUT2D eigenvalue weighted by Gasteiger charge is -2.34. The maximum atomic E-state index is 13.0. The van der Waals surface area contributed by atoms with Crippen LogP contribution < -0.4 is 10.6 Å². The summed E-state index contributed by atoms with van der Waals surface area (Å²) in [6.07, 6.45) is 7.22. The zero-order chi connectivity index (χ0) is 24.2. The van der Waals surface area contributed by atoms with Gasteiger partial charge in [0.25, 0.3) is 5.91 Å². The highest BCUT2D eigenvalue weighted by Crippen LogP contribution is 2.40. The van der Waals surface area contributed by atoms with Gasteiger partial charge in [-0.1, -0.05) is 29.8 Å². The summed E-state index contributed by atoms with van der Waals surface area (Å²) in [5.41, 5.74) is 4.10. The SMILES string of the molecule is Cc1ccc([C@@H]2C[C@H]2NCCC[C@H](NC(=O)c2ccc(-n3cccn3)cc2)C(=O)N2CCC2)cc1. The fourth-order valence-electron chi connectivity index (χ4n) is 4.64. The van der Waals surface area contributed by atoms with Crippen LogP contribution in [0.4, 0.5) is 0 Å². The van der Waals surface area contributed by atoms with E-state index in [1.54, 1.807) is 23.0 Å². The summed E-state index contributed by atoms with van der Waals surface area (Å²) >= 11 is 0. The Balaban J connectivity index is 1.13. The van der Waals surface area contributed by atoms with E-state index < -0.39 is 6.04 Å². The molecule has 1 saturated heterocycles. The molecule has 0 spiro atoms. The molecule has 2 heterocycles. The van der Waals surface area contributed by atoms with Gasteiger partial charge in [0, 0.05) is 43.0 Å². The van der Waals surface area contributed by atoms with Crippen molar-refractivity contribution in [1.29, 1.82) is 0 Å². The molecule has 2 aromatic carbocycles. The first-order chi connectivity index (χ1) is 17.1. The molecule has 2 aliphatic rings. The average Bonchev–Trinajstić information content (AvgIpc) is 3.39. The number of hydrogen-bond acceptors (Lipinski definition) is 4. The molecular weight excluding hydrogens is 438 g/mol. The Morgan fingerprint density at radius 1 is 1.09 bits per heavy atom. The predicted molar refractivity (Wildman–Crippen MR) is 136 cm³/mol. The first kappa shape index (κ1) is 23.3.